The number of halogens is 1. The molecule has 0 fully saturated rings. The van der Waals surface area contributed by atoms with Crippen molar-refractivity contribution < 1.29 is 8.42 Å². The topological polar surface area (TPSA) is 64.8 Å². The minimum absolute atomic E-state index is 0.458. The third-order valence-corrected chi connectivity index (χ3v) is 5.09. The molecule has 1 rings (SSSR count). The van der Waals surface area contributed by atoms with Crippen LogP contribution in [0.3, 0.4) is 0 Å². The van der Waals surface area contributed by atoms with Gasteiger partial charge in [-0.05, 0) is 13.8 Å². The molecule has 0 aliphatic rings. The molecule has 0 atom stereocenters. The molecule has 0 aliphatic heterocycles. The summed E-state index contributed by atoms with van der Waals surface area (Å²) >= 11 is 3.27. The summed E-state index contributed by atoms with van der Waals surface area (Å²) in [5, 5.41) is 8.40. The van der Waals surface area contributed by atoms with Crippen LogP contribution in [0.15, 0.2) is 0 Å². The molecule has 7 heteroatoms. The highest BCUT2D eigenvalue weighted by atomic mass is 79.9. The molecule has 0 aromatic carbocycles. The summed E-state index contributed by atoms with van der Waals surface area (Å²) in [4.78, 5) is 0. The molecule has 1 aromatic heterocycles. The summed E-state index contributed by atoms with van der Waals surface area (Å²) in [6.07, 6.45) is 1.20. The van der Waals surface area contributed by atoms with E-state index in [-0.39, 0.29) is 0 Å². The molecule has 0 saturated carbocycles. The normalized spacial score (nSPS) is 13.1. The Bertz CT molecular complexity index is 464. The Morgan fingerprint density at radius 2 is 1.93 bits per heavy atom. The summed E-state index contributed by atoms with van der Waals surface area (Å²) < 4.78 is 23.9. The fourth-order valence-corrected chi connectivity index (χ4v) is 2.17. The molecule has 0 unspecified atom stereocenters. The molecular formula is C8H14BrN3O2S. The van der Waals surface area contributed by atoms with Gasteiger partial charge in [0.15, 0.2) is 15.7 Å². The first kappa shape index (κ1) is 12.6. The van der Waals surface area contributed by atoms with Gasteiger partial charge in [-0.15, -0.1) is 10.2 Å². The highest BCUT2D eigenvalue weighted by Gasteiger charge is 2.37. The SMILES string of the molecule is Cn1c(CBr)nnc1C(C)(C)S(C)(=O)=O. The third-order valence-electron chi connectivity index (χ3n) is 2.55. The minimum Gasteiger partial charge on any atom is -0.316 e. The molecule has 1 heterocycles. The number of alkyl halides is 1. The number of hydrogen-bond acceptors (Lipinski definition) is 4. The van der Waals surface area contributed by atoms with E-state index in [0.29, 0.717) is 17.0 Å². The van der Waals surface area contributed by atoms with Gasteiger partial charge in [0.05, 0.1) is 5.33 Å². The van der Waals surface area contributed by atoms with Gasteiger partial charge in [-0.1, -0.05) is 15.9 Å². The van der Waals surface area contributed by atoms with E-state index in [2.05, 4.69) is 26.1 Å². The molecule has 0 saturated heterocycles. The third kappa shape index (κ3) is 2.08. The number of nitrogens with zero attached hydrogens (tertiary/aromatic N) is 3. The van der Waals surface area contributed by atoms with Crippen LogP contribution in [0.1, 0.15) is 25.5 Å². The number of sulfone groups is 1. The van der Waals surface area contributed by atoms with Crippen LogP contribution in [0.5, 0.6) is 0 Å². The van der Waals surface area contributed by atoms with Crippen molar-refractivity contribution in [1.82, 2.24) is 14.8 Å². The van der Waals surface area contributed by atoms with E-state index < -0.39 is 14.6 Å². The highest BCUT2D eigenvalue weighted by molar-refractivity contribution is 9.08. The average Bonchev–Trinajstić information content (AvgIpc) is 2.44. The Kier molecular flexibility index (Phi) is 3.25. The van der Waals surface area contributed by atoms with Crippen LogP contribution in [0.2, 0.25) is 0 Å². The maximum atomic E-state index is 11.6. The standard InChI is InChI=1S/C8H14BrN3O2S/c1-8(2,15(4,13)14)7-11-10-6(5-9)12(7)3/h5H2,1-4H3. The first-order valence-corrected chi connectivity index (χ1v) is 7.37. The molecule has 5 nitrogen and oxygen atoms in total. The highest BCUT2D eigenvalue weighted by Crippen LogP contribution is 2.27. The summed E-state index contributed by atoms with van der Waals surface area (Å²) in [6, 6.07) is 0. The zero-order chi connectivity index (χ0) is 11.9. The van der Waals surface area contributed by atoms with Crippen LogP contribution in [0.25, 0.3) is 0 Å². The molecule has 0 amide bonds. The van der Waals surface area contributed by atoms with Crippen molar-refractivity contribution in [3.63, 3.8) is 0 Å². The van der Waals surface area contributed by atoms with E-state index in [1.807, 2.05) is 0 Å². The summed E-state index contributed by atoms with van der Waals surface area (Å²) in [7, 11) is -1.45. The largest absolute Gasteiger partial charge is 0.316 e. The molecular weight excluding hydrogens is 282 g/mol. The van der Waals surface area contributed by atoms with Crippen LogP contribution in [0.4, 0.5) is 0 Å². The zero-order valence-electron chi connectivity index (χ0n) is 9.15. The lowest BCUT2D eigenvalue weighted by molar-refractivity contribution is 0.539. The van der Waals surface area contributed by atoms with Crippen LogP contribution in [-0.4, -0.2) is 29.4 Å². The van der Waals surface area contributed by atoms with Gasteiger partial charge in [-0.25, -0.2) is 8.42 Å². The predicted molar refractivity (Wildman–Crippen MR) is 61.5 cm³/mol. The molecule has 0 bridgehead atoms. The van der Waals surface area contributed by atoms with Gasteiger partial charge in [-0.3, -0.25) is 0 Å². The Morgan fingerprint density at radius 3 is 2.27 bits per heavy atom. The second-order valence-corrected chi connectivity index (χ2v) is 7.04. The van der Waals surface area contributed by atoms with E-state index in [1.165, 1.54) is 6.26 Å². The van der Waals surface area contributed by atoms with E-state index in [0.717, 1.165) is 0 Å². The lowest BCUT2D eigenvalue weighted by atomic mass is 10.2. The Morgan fingerprint density at radius 1 is 1.40 bits per heavy atom. The second-order valence-electron chi connectivity index (χ2n) is 3.91. The van der Waals surface area contributed by atoms with Crippen molar-refractivity contribution >= 4 is 25.8 Å². The van der Waals surface area contributed by atoms with Gasteiger partial charge in [0.25, 0.3) is 0 Å². The molecule has 86 valence electrons. The van der Waals surface area contributed by atoms with E-state index in [9.17, 15) is 8.42 Å². The lowest BCUT2D eigenvalue weighted by Gasteiger charge is -2.21. The Balaban J connectivity index is 3.34. The fourth-order valence-electron chi connectivity index (χ4n) is 1.17. The molecule has 0 aliphatic carbocycles. The first-order chi connectivity index (χ1) is 6.71. The maximum Gasteiger partial charge on any atom is 0.159 e. The van der Waals surface area contributed by atoms with Gasteiger partial charge in [0.1, 0.15) is 10.6 Å². The Labute approximate surface area is 97.9 Å². The van der Waals surface area contributed by atoms with Crippen molar-refractivity contribution in [3.05, 3.63) is 11.6 Å². The van der Waals surface area contributed by atoms with Gasteiger partial charge in [0.2, 0.25) is 0 Å². The average molecular weight is 296 g/mol. The summed E-state index contributed by atoms with van der Waals surface area (Å²) in [5.74, 6) is 1.17. The van der Waals surface area contributed by atoms with Gasteiger partial charge >= 0.3 is 0 Å². The fraction of sp³-hybridized carbons (Fsp3) is 0.750. The monoisotopic (exact) mass is 295 g/mol. The van der Waals surface area contributed by atoms with Crippen molar-refractivity contribution in [2.24, 2.45) is 7.05 Å². The number of rotatable bonds is 3. The van der Waals surface area contributed by atoms with Gasteiger partial charge in [-0.2, -0.15) is 0 Å². The summed E-state index contributed by atoms with van der Waals surface area (Å²) in [5.41, 5.74) is 0. The number of hydrogen-bond donors (Lipinski definition) is 0. The van der Waals surface area contributed by atoms with Crippen LogP contribution < -0.4 is 0 Å². The van der Waals surface area contributed by atoms with Crippen molar-refractivity contribution in [2.75, 3.05) is 6.26 Å². The quantitative estimate of drug-likeness (QED) is 0.780. The predicted octanol–water partition coefficient (Wildman–Crippen LogP) is 0.990. The second kappa shape index (κ2) is 3.86. The summed E-state index contributed by atoms with van der Waals surface area (Å²) in [6.45, 7) is 3.26. The van der Waals surface area contributed by atoms with Crippen molar-refractivity contribution in [1.29, 1.82) is 0 Å². The molecule has 0 spiro atoms. The smallest absolute Gasteiger partial charge is 0.159 e. The van der Waals surface area contributed by atoms with Gasteiger partial charge < -0.3 is 4.57 Å². The number of aromatic nitrogens is 3. The van der Waals surface area contributed by atoms with Crippen LogP contribution in [0, 0.1) is 0 Å². The Hall–Kier alpha value is -0.430. The van der Waals surface area contributed by atoms with E-state index in [1.54, 1.807) is 25.5 Å². The molecule has 15 heavy (non-hydrogen) atoms. The van der Waals surface area contributed by atoms with E-state index >= 15 is 0 Å². The molecule has 0 N–H and O–H groups in total. The van der Waals surface area contributed by atoms with Gasteiger partial charge in [0, 0.05) is 13.3 Å². The zero-order valence-corrected chi connectivity index (χ0v) is 11.6. The van der Waals surface area contributed by atoms with Crippen molar-refractivity contribution in [3.8, 4) is 0 Å². The van der Waals surface area contributed by atoms with E-state index in [4.69, 9.17) is 0 Å². The van der Waals surface area contributed by atoms with Crippen molar-refractivity contribution in [2.45, 2.75) is 23.9 Å². The van der Waals surface area contributed by atoms with Crippen LogP contribution >= 0.6 is 15.9 Å². The first-order valence-electron chi connectivity index (χ1n) is 4.36. The minimum atomic E-state index is -3.21. The van der Waals surface area contributed by atoms with Crippen LogP contribution in [-0.2, 0) is 27.0 Å². The molecule has 1 aromatic rings. The maximum absolute atomic E-state index is 11.6. The molecule has 0 radical (unpaired) electrons. The lowest BCUT2D eigenvalue weighted by Crippen LogP contribution is -2.31.